The maximum Gasteiger partial charge on any atom is 0.191 e. The molecule has 4 nitrogen and oxygen atoms in total. The van der Waals surface area contributed by atoms with Crippen LogP contribution < -0.4 is 10.7 Å². The molecule has 1 aromatic carbocycles. The third-order valence-corrected chi connectivity index (χ3v) is 2.27. The topological polar surface area (TPSA) is 52.2 Å². The minimum absolute atomic E-state index is 0.295. The Hall–Kier alpha value is -2.21. The number of hydrogen-bond donors (Lipinski definition) is 3. The lowest BCUT2D eigenvalue weighted by molar-refractivity contribution is 0.628. The quantitative estimate of drug-likeness (QED) is 0.452. The first-order chi connectivity index (χ1) is 8.74. The number of anilines is 1. The standard InChI is InChI=1S/C12H11FN4S/c13-9-3-1-4-10(7-9)16-12(18)17-15-8-11-5-2-6-14-11/h1-8,14H,(H2,16,17,18)/b15-8+. The van der Waals surface area contributed by atoms with Gasteiger partial charge in [0.1, 0.15) is 5.82 Å². The Morgan fingerprint density at radius 2 is 2.22 bits per heavy atom. The van der Waals surface area contributed by atoms with Gasteiger partial charge in [0.2, 0.25) is 0 Å². The number of hydrazone groups is 1. The zero-order chi connectivity index (χ0) is 12.8. The lowest BCUT2D eigenvalue weighted by Gasteiger charge is -2.06. The van der Waals surface area contributed by atoms with Crippen LogP contribution >= 0.6 is 12.2 Å². The molecule has 0 spiro atoms. The van der Waals surface area contributed by atoms with E-state index >= 15 is 0 Å². The lowest BCUT2D eigenvalue weighted by Crippen LogP contribution is -2.23. The fourth-order valence-corrected chi connectivity index (χ4v) is 1.48. The summed E-state index contributed by atoms with van der Waals surface area (Å²) in [5.41, 5.74) is 4.07. The Kier molecular flexibility index (Phi) is 4.03. The molecule has 92 valence electrons. The van der Waals surface area contributed by atoms with Crippen molar-refractivity contribution in [3.63, 3.8) is 0 Å². The van der Waals surface area contributed by atoms with Crippen molar-refractivity contribution in [1.29, 1.82) is 0 Å². The highest BCUT2D eigenvalue weighted by Gasteiger charge is 1.97. The van der Waals surface area contributed by atoms with Gasteiger partial charge < -0.3 is 10.3 Å². The van der Waals surface area contributed by atoms with Gasteiger partial charge in [-0.05, 0) is 42.5 Å². The molecule has 1 aromatic heterocycles. The largest absolute Gasteiger partial charge is 0.360 e. The van der Waals surface area contributed by atoms with Crippen molar-refractivity contribution >= 4 is 29.2 Å². The monoisotopic (exact) mass is 262 g/mol. The Bertz CT molecular complexity index is 551. The molecule has 0 amide bonds. The van der Waals surface area contributed by atoms with Crippen molar-refractivity contribution in [2.45, 2.75) is 0 Å². The van der Waals surface area contributed by atoms with Crippen molar-refractivity contribution < 1.29 is 4.39 Å². The van der Waals surface area contributed by atoms with Gasteiger partial charge >= 0.3 is 0 Å². The van der Waals surface area contributed by atoms with Gasteiger partial charge in [-0.2, -0.15) is 5.10 Å². The molecule has 18 heavy (non-hydrogen) atoms. The third kappa shape index (κ3) is 3.67. The highest BCUT2D eigenvalue weighted by molar-refractivity contribution is 7.80. The fraction of sp³-hybridized carbons (Fsp3) is 0. The van der Waals surface area contributed by atoms with Gasteiger partial charge in [-0.15, -0.1) is 0 Å². The minimum atomic E-state index is -0.322. The molecule has 0 aliphatic carbocycles. The molecule has 1 heterocycles. The number of hydrogen-bond acceptors (Lipinski definition) is 2. The normalized spacial score (nSPS) is 10.5. The number of benzene rings is 1. The Balaban J connectivity index is 1.86. The Morgan fingerprint density at radius 3 is 2.94 bits per heavy atom. The maximum absolute atomic E-state index is 12.9. The second kappa shape index (κ2) is 5.92. The first kappa shape index (κ1) is 12.3. The predicted octanol–water partition coefficient (Wildman–Crippen LogP) is 2.47. The second-order valence-electron chi connectivity index (χ2n) is 3.46. The van der Waals surface area contributed by atoms with Crippen LogP contribution in [0.5, 0.6) is 0 Å². The Morgan fingerprint density at radius 1 is 1.33 bits per heavy atom. The van der Waals surface area contributed by atoms with Crippen molar-refractivity contribution in [2.75, 3.05) is 5.32 Å². The van der Waals surface area contributed by atoms with Gasteiger partial charge in [0.05, 0.1) is 11.9 Å². The van der Waals surface area contributed by atoms with E-state index in [1.54, 1.807) is 24.5 Å². The van der Waals surface area contributed by atoms with E-state index in [0.717, 1.165) is 5.69 Å². The summed E-state index contributed by atoms with van der Waals surface area (Å²) in [6.45, 7) is 0. The molecule has 0 unspecified atom stereocenters. The number of nitrogens with one attached hydrogen (secondary N) is 3. The molecule has 0 saturated heterocycles. The van der Waals surface area contributed by atoms with E-state index in [2.05, 4.69) is 20.8 Å². The first-order valence-electron chi connectivity index (χ1n) is 5.23. The average Bonchev–Trinajstić information content (AvgIpc) is 2.82. The van der Waals surface area contributed by atoms with E-state index in [1.807, 2.05) is 12.1 Å². The molecule has 0 radical (unpaired) electrons. The van der Waals surface area contributed by atoms with Crippen molar-refractivity contribution in [3.05, 3.63) is 54.1 Å². The van der Waals surface area contributed by atoms with Crippen LogP contribution in [0.4, 0.5) is 10.1 Å². The molecule has 6 heteroatoms. The van der Waals surface area contributed by atoms with Gasteiger partial charge in [-0.3, -0.25) is 5.43 Å². The fourth-order valence-electron chi connectivity index (χ4n) is 1.31. The van der Waals surface area contributed by atoms with E-state index < -0.39 is 0 Å². The smallest absolute Gasteiger partial charge is 0.191 e. The van der Waals surface area contributed by atoms with Crippen LogP contribution in [0.25, 0.3) is 0 Å². The molecule has 2 aromatic rings. The maximum atomic E-state index is 12.9. The summed E-state index contributed by atoms with van der Waals surface area (Å²) in [5.74, 6) is -0.322. The molecular formula is C12H11FN4S. The van der Waals surface area contributed by atoms with Crippen LogP contribution in [-0.2, 0) is 0 Å². The summed E-state index contributed by atoms with van der Waals surface area (Å²) in [6, 6.07) is 9.76. The van der Waals surface area contributed by atoms with Crippen molar-refractivity contribution in [3.8, 4) is 0 Å². The van der Waals surface area contributed by atoms with Crippen LogP contribution in [0.2, 0.25) is 0 Å². The molecule has 0 aliphatic heterocycles. The van der Waals surface area contributed by atoms with Crippen LogP contribution in [0, 0.1) is 5.82 Å². The Labute approximate surface area is 109 Å². The number of rotatable bonds is 3. The van der Waals surface area contributed by atoms with Crippen LogP contribution in [0.1, 0.15) is 5.69 Å². The number of halogens is 1. The number of aromatic nitrogens is 1. The number of thiocarbonyl (C=S) groups is 1. The molecule has 2 rings (SSSR count). The summed E-state index contributed by atoms with van der Waals surface area (Å²) < 4.78 is 12.9. The molecule has 0 bridgehead atoms. The summed E-state index contributed by atoms with van der Waals surface area (Å²) in [4.78, 5) is 2.97. The van der Waals surface area contributed by atoms with E-state index in [1.165, 1.54) is 12.1 Å². The number of aromatic amines is 1. The highest BCUT2D eigenvalue weighted by atomic mass is 32.1. The van der Waals surface area contributed by atoms with Crippen LogP contribution in [0.3, 0.4) is 0 Å². The van der Waals surface area contributed by atoms with Gasteiger partial charge in [0, 0.05) is 11.9 Å². The van der Waals surface area contributed by atoms with Gasteiger partial charge in [0.15, 0.2) is 5.11 Å². The molecule has 0 saturated carbocycles. The summed E-state index contributed by atoms with van der Waals surface area (Å²) in [5, 5.41) is 7.04. The SMILES string of the molecule is Fc1cccc(NC(=S)N/N=C/c2ccc[nH]2)c1. The summed E-state index contributed by atoms with van der Waals surface area (Å²) in [7, 11) is 0. The van der Waals surface area contributed by atoms with Gasteiger partial charge in [-0.1, -0.05) is 6.07 Å². The molecule has 3 N–H and O–H groups in total. The minimum Gasteiger partial charge on any atom is -0.360 e. The van der Waals surface area contributed by atoms with Crippen molar-refractivity contribution in [1.82, 2.24) is 10.4 Å². The van der Waals surface area contributed by atoms with Crippen LogP contribution in [-0.4, -0.2) is 16.3 Å². The number of nitrogens with zero attached hydrogens (tertiary/aromatic N) is 1. The molecule has 0 atom stereocenters. The van der Waals surface area contributed by atoms with E-state index in [9.17, 15) is 4.39 Å². The van der Waals surface area contributed by atoms with E-state index in [-0.39, 0.29) is 5.82 Å². The van der Waals surface area contributed by atoms with E-state index in [4.69, 9.17) is 12.2 Å². The summed E-state index contributed by atoms with van der Waals surface area (Å²) in [6.07, 6.45) is 3.39. The van der Waals surface area contributed by atoms with E-state index in [0.29, 0.717) is 10.8 Å². The second-order valence-corrected chi connectivity index (χ2v) is 3.87. The third-order valence-electron chi connectivity index (χ3n) is 2.07. The molecule has 0 fully saturated rings. The number of H-pyrrole nitrogens is 1. The van der Waals surface area contributed by atoms with Gasteiger partial charge in [0.25, 0.3) is 0 Å². The zero-order valence-corrected chi connectivity index (χ0v) is 10.2. The van der Waals surface area contributed by atoms with Gasteiger partial charge in [-0.25, -0.2) is 4.39 Å². The zero-order valence-electron chi connectivity index (χ0n) is 9.35. The average molecular weight is 262 g/mol. The van der Waals surface area contributed by atoms with Crippen LogP contribution in [0.15, 0.2) is 47.7 Å². The highest BCUT2D eigenvalue weighted by Crippen LogP contribution is 2.08. The summed E-state index contributed by atoms with van der Waals surface area (Å²) >= 11 is 5.01. The molecular weight excluding hydrogens is 251 g/mol. The lowest BCUT2D eigenvalue weighted by atomic mass is 10.3. The first-order valence-corrected chi connectivity index (χ1v) is 5.64. The van der Waals surface area contributed by atoms with Crippen molar-refractivity contribution in [2.24, 2.45) is 5.10 Å². The molecule has 0 aliphatic rings. The predicted molar refractivity (Wildman–Crippen MR) is 74.1 cm³/mol.